The Morgan fingerprint density at radius 1 is 1.00 bits per heavy atom. The van der Waals surface area contributed by atoms with E-state index in [9.17, 15) is 5.11 Å². The average molecular weight is 262 g/mol. The summed E-state index contributed by atoms with van der Waals surface area (Å²) >= 11 is 0. The molecule has 0 aromatic heterocycles. The summed E-state index contributed by atoms with van der Waals surface area (Å²) in [5, 5.41) is 10.4. The lowest BCUT2D eigenvalue weighted by atomic mass is 10.0. The van der Waals surface area contributed by atoms with Crippen molar-refractivity contribution in [3.63, 3.8) is 0 Å². The highest BCUT2D eigenvalue weighted by atomic mass is 16.3. The van der Waals surface area contributed by atoms with E-state index in [1.807, 2.05) is 0 Å². The number of β-amino-alcohol motifs (C(OH)–C–C–N with tert-alkyl or cyclic N) is 1. The lowest BCUT2D eigenvalue weighted by Crippen LogP contribution is -2.47. The number of benzene rings is 1. The van der Waals surface area contributed by atoms with Crippen molar-refractivity contribution in [1.82, 2.24) is 9.80 Å². The minimum Gasteiger partial charge on any atom is -0.387 e. The predicted octanol–water partition coefficient (Wildman–Crippen LogP) is 1.97. The first-order chi connectivity index (χ1) is 9.08. The van der Waals surface area contributed by atoms with Crippen molar-refractivity contribution in [2.45, 2.75) is 26.9 Å². The van der Waals surface area contributed by atoms with Gasteiger partial charge in [0.1, 0.15) is 0 Å². The number of hydrogen-bond donors (Lipinski definition) is 1. The third-order valence-corrected chi connectivity index (χ3v) is 3.97. The number of piperazine rings is 1. The zero-order valence-corrected chi connectivity index (χ0v) is 12.4. The summed E-state index contributed by atoms with van der Waals surface area (Å²) in [7, 11) is 0. The van der Waals surface area contributed by atoms with Gasteiger partial charge >= 0.3 is 0 Å². The molecule has 1 fully saturated rings. The maximum atomic E-state index is 10.4. The minimum absolute atomic E-state index is 0.369. The van der Waals surface area contributed by atoms with Crippen LogP contribution >= 0.6 is 0 Å². The van der Waals surface area contributed by atoms with Crippen LogP contribution in [0.15, 0.2) is 18.2 Å². The van der Waals surface area contributed by atoms with Gasteiger partial charge in [-0.1, -0.05) is 36.2 Å². The summed E-state index contributed by atoms with van der Waals surface area (Å²) in [5.74, 6) is 0. The quantitative estimate of drug-likeness (QED) is 0.899. The van der Waals surface area contributed by atoms with Crippen molar-refractivity contribution in [3.05, 3.63) is 34.9 Å². The van der Waals surface area contributed by atoms with Crippen LogP contribution in [-0.4, -0.2) is 54.2 Å². The van der Waals surface area contributed by atoms with Crippen molar-refractivity contribution in [2.24, 2.45) is 0 Å². The second-order valence-corrected chi connectivity index (χ2v) is 5.67. The molecular formula is C16H26N2O. The molecule has 0 aliphatic carbocycles. The molecule has 3 heteroatoms. The van der Waals surface area contributed by atoms with Gasteiger partial charge in [0, 0.05) is 32.7 Å². The molecule has 3 nitrogen and oxygen atoms in total. The number of aliphatic hydroxyl groups excluding tert-OH is 1. The van der Waals surface area contributed by atoms with Gasteiger partial charge in [0.05, 0.1) is 6.10 Å². The van der Waals surface area contributed by atoms with E-state index >= 15 is 0 Å². The molecule has 1 heterocycles. The maximum Gasteiger partial charge on any atom is 0.0917 e. The van der Waals surface area contributed by atoms with Gasteiger partial charge in [-0.05, 0) is 26.0 Å². The summed E-state index contributed by atoms with van der Waals surface area (Å²) in [5.41, 5.74) is 3.50. The Balaban J connectivity index is 1.92. The van der Waals surface area contributed by atoms with E-state index in [0.717, 1.165) is 44.8 Å². The largest absolute Gasteiger partial charge is 0.387 e. The Morgan fingerprint density at radius 2 is 1.53 bits per heavy atom. The van der Waals surface area contributed by atoms with Crippen molar-refractivity contribution in [3.8, 4) is 0 Å². The van der Waals surface area contributed by atoms with Gasteiger partial charge < -0.3 is 10.0 Å². The van der Waals surface area contributed by atoms with Crippen LogP contribution in [0.3, 0.4) is 0 Å². The smallest absolute Gasteiger partial charge is 0.0917 e. The molecule has 106 valence electrons. The van der Waals surface area contributed by atoms with E-state index in [2.05, 4.69) is 48.8 Å². The van der Waals surface area contributed by atoms with Gasteiger partial charge in [-0.25, -0.2) is 0 Å². The molecule has 0 bridgehead atoms. The van der Waals surface area contributed by atoms with Crippen molar-refractivity contribution >= 4 is 0 Å². The minimum atomic E-state index is -0.369. The third kappa shape index (κ3) is 4.03. The highest BCUT2D eigenvalue weighted by Crippen LogP contribution is 2.18. The van der Waals surface area contributed by atoms with Crippen LogP contribution in [0, 0.1) is 13.8 Å². The zero-order chi connectivity index (χ0) is 13.8. The molecule has 1 unspecified atom stereocenters. The van der Waals surface area contributed by atoms with Gasteiger partial charge in [-0.15, -0.1) is 0 Å². The number of nitrogens with zero attached hydrogens (tertiary/aromatic N) is 2. The highest BCUT2D eigenvalue weighted by molar-refractivity contribution is 5.30. The van der Waals surface area contributed by atoms with Crippen molar-refractivity contribution < 1.29 is 5.11 Å². The highest BCUT2D eigenvalue weighted by Gasteiger charge is 2.19. The molecule has 1 saturated heterocycles. The summed E-state index contributed by atoms with van der Waals surface area (Å²) in [6, 6.07) is 6.34. The number of aryl methyl sites for hydroxylation is 2. The Hall–Kier alpha value is -0.900. The molecule has 0 saturated carbocycles. The molecule has 1 aliphatic heterocycles. The van der Waals surface area contributed by atoms with Crippen LogP contribution in [0.5, 0.6) is 0 Å². The molecule has 1 N–H and O–H groups in total. The normalized spacial score (nSPS) is 19.6. The number of likely N-dealkylation sites (N-methyl/N-ethyl adjacent to an activating group) is 1. The lowest BCUT2D eigenvalue weighted by Gasteiger charge is -2.35. The van der Waals surface area contributed by atoms with Gasteiger partial charge in [-0.3, -0.25) is 4.90 Å². The fourth-order valence-corrected chi connectivity index (χ4v) is 2.84. The summed E-state index contributed by atoms with van der Waals surface area (Å²) < 4.78 is 0. The molecule has 1 aliphatic rings. The first-order valence-corrected chi connectivity index (χ1v) is 7.29. The predicted molar refractivity (Wildman–Crippen MR) is 79.4 cm³/mol. The Bertz CT molecular complexity index is 391. The molecule has 19 heavy (non-hydrogen) atoms. The van der Waals surface area contributed by atoms with Crippen LogP contribution in [0.4, 0.5) is 0 Å². The molecule has 2 rings (SSSR count). The Labute approximate surface area is 116 Å². The second-order valence-electron chi connectivity index (χ2n) is 5.67. The summed E-state index contributed by atoms with van der Waals surface area (Å²) in [6.07, 6.45) is -0.369. The average Bonchev–Trinajstić information content (AvgIpc) is 2.38. The van der Waals surface area contributed by atoms with Crippen molar-refractivity contribution in [2.75, 3.05) is 39.3 Å². The Morgan fingerprint density at radius 3 is 2.05 bits per heavy atom. The first-order valence-electron chi connectivity index (χ1n) is 7.29. The van der Waals surface area contributed by atoms with E-state index in [1.54, 1.807) is 0 Å². The molecule has 1 atom stereocenters. The number of aliphatic hydroxyl groups is 1. The molecule has 1 aromatic rings. The lowest BCUT2D eigenvalue weighted by molar-refractivity contribution is 0.0743. The number of hydrogen-bond acceptors (Lipinski definition) is 3. The first kappa shape index (κ1) is 14.5. The molecule has 1 aromatic carbocycles. The topological polar surface area (TPSA) is 26.7 Å². The van der Waals surface area contributed by atoms with Crippen LogP contribution in [-0.2, 0) is 0 Å². The SMILES string of the molecule is CCN1CCN(CC(O)c2cc(C)cc(C)c2)CC1. The van der Waals surface area contributed by atoms with Crippen LogP contribution in [0.2, 0.25) is 0 Å². The Kier molecular flexibility index (Phi) is 4.97. The third-order valence-electron chi connectivity index (χ3n) is 3.97. The van der Waals surface area contributed by atoms with Gasteiger partial charge in [0.15, 0.2) is 0 Å². The van der Waals surface area contributed by atoms with Crippen molar-refractivity contribution in [1.29, 1.82) is 0 Å². The van der Waals surface area contributed by atoms with E-state index in [4.69, 9.17) is 0 Å². The maximum absolute atomic E-state index is 10.4. The van der Waals surface area contributed by atoms with Gasteiger partial charge in [0.2, 0.25) is 0 Å². The standard InChI is InChI=1S/C16H26N2O/c1-4-17-5-7-18(8-6-17)12-16(19)15-10-13(2)9-14(3)11-15/h9-11,16,19H,4-8,12H2,1-3H3. The second kappa shape index (κ2) is 6.51. The fraction of sp³-hybridized carbons (Fsp3) is 0.625. The van der Waals surface area contributed by atoms with E-state index < -0.39 is 0 Å². The zero-order valence-electron chi connectivity index (χ0n) is 12.4. The summed E-state index contributed by atoms with van der Waals surface area (Å²) in [4.78, 5) is 4.83. The van der Waals surface area contributed by atoms with Gasteiger partial charge in [0.25, 0.3) is 0 Å². The van der Waals surface area contributed by atoms with Crippen LogP contribution < -0.4 is 0 Å². The van der Waals surface area contributed by atoms with Crippen LogP contribution in [0.1, 0.15) is 29.7 Å². The van der Waals surface area contributed by atoms with E-state index in [-0.39, 0.29) is 6.10 Å². The van der Waals surface area contributed by atoms with E-state index in [1.165, 1.54) is 11.1 Å². The monoisotopic (exact) mass is 262 g/mol. The van der Waals surface area contributed by atoms with Crippen LogP contribution in [0.25, 0.3) is 0 Å². The molecule has 0 spiro atoms. The molecule has 0 amide bonds. The van der Waals surface area contributed by atoms with E-state index in [0.29, 0.717) is 0 Å². The van der Waals surface area contributed by atoms with Gasteiger partial charge in [-0.2, -0.15) is 0 Å². The fourth-order valence-electron chi connectivity index (χ4n) is 2.84. The number of rotatable bonds is 4. The molecular weight excluding hydrogens is 236 g/mol. The summed E-state index contributed by atoms with van der Waals surface area (Å²) in [6.45, 7) is 12.6. The molecule has 0 radical (unpaired) electrons.